The number of anilines is 2. The summed E-state index contributed by atoms with van der Waals surface area (Å²) in [4.78, 5) is 12.9. The van der Waals surface area contributed by atoms with Crippen LogP contribution in [-0.4, -0.2) is 79.5 Å². The molecule has 2 saturated heterocycles. The van der Waals surface area contributed by atoms with Gasteiger partial charge < -0.3 is 35.8 Å². The van der Waals surface area contributed by atoms with Crippen LogP contribution in [0.15, 0.2) is 6.33 Å². The molecule has 4 rings (SSSR count). The molecule has 0 amide bonds. The fourth-order valence-corrected chi connectivity index (χ4v) is 3.74. The summed E-state index contributed by atoms with van der Waals surface area (Å²) in [6.07, 6.45) is 0.291. The van der Waals surface area contributed by atoms with Gasteiger partial charge in [-0.15, -0.1) is 0 Å². The SMILES string of the molecule is Nc1nc(NCCC2CCOCC2)nc2c1ncn2[C@@H]1O[C@H](CO)C(O)C1O. The lowest BCUT2D eigenvalue weighted by atomic mass is 9.97. The number of aliphatic hydroxyl groups excluding tert-OH is 3. The zero-order valence-corrected chi connectivity index (χ0v) is 15.4. The van der Waals surface area contributed by atoms with Crippen molar-refractivity contribution in [2.45, 2.75) is 43.8 Å². The fraction of sp³-hybridized carbons (Fsp3) is 0.706. The number of nitrogens with one attached hydrogen (secondary N) is 1. The van der Waals surface area contributed by atoms with E-state index in [1.165, 1.54) is 10.9 Å². The molecule has 0 saturated carbocycles. The Hall–Kier alpha value is -2.05. The van der Waals surface area contributed by atoms with Crippen LogP contribution in [0.3, 0.4) is 0 Å². The van der Waals surface area contributed by atoms with Crippen LogP contribution in [-0.2, 0) is 9.47 Å². The molecule has 28 heavy (non-hydrogen) atoms. The number of aliphatic hydroxyl groups is 3. The van der Waals surface area contributed by atoms with Crippen LogP contribution in [0.2, 0.25) is 0 Å². The summed E-state index contributed by atoms with van der Waals surface area (Å²) in [5, 5.41) is 32.8. The monoisotopic (exact) mass is 394 g/mol. The Morgan fingerprint density at radius 3 is 2.71 bits per heavy atom. The topological polar surface area (TPSA) is 161 Å². The Morgan fingerprint density at radius 1 is 1.21 bits per heavy atom. The van der Waals surface area contributed by atoms with E-state index in [1.54, 1.807) is 0 Å². The summed E-state index contributed by atoms with van der Waals surface area (Å²) in [5.41, 5.74) is 6.79. The van der Waals surface area contributed by atoms with E-state index in [9.17, 15) is 15.3 Å². The van der Waals surface area contributed by atoms with Crippen LogP contribution in [0.5, 0.6) is 0 Å². The average molecular weight is 394 g/mol. The minimum atomic E-state index is -1.23. The highest BCUT2D eigenvalue weighted by Crippen LogP contribution is 2.32. The summed E-state index contributed by atoms with van der Waals surface area (Å²) < 4.78 is 12.4. The molecule has 11 nitrogen and oxygen atoms in total. The van der Waals surface area contributed by atoms with Gasteiger partial charge in [-0.05, 0) is 25.2 Å². The van der Waals surface area contributed by atoms with Gasteiger partial charge in [-0.1, -0.05) is 0 Å². The van der Waals surface area contributed by atoms with Gasteiger partial charge in [0.25, 0.3) is 0 Å². The summed E-state index contributed by atoms with van der Waals surface area (Å²) in [6, 6.07) is 0. The summed E-state index contributed by atoms with van der Waals surface area (Å²) in [7, 11) is 0. The van der Waals surface area contributed by atoms with E-state index in [0.29, 0.717) is 29.6 Å². The Kier molecular flexibility index (Phi) is 5.60. The molecule has 2 aliphatic heterocycles. The van der Waals surface area contributed by atoms with E-state index in [-0.39, 0.29) is 5.82 Å². The number of hydrogen-bond acceptors (Lipinski definition) is 10. The lowest BCUT2D eigenvalue weighted by Crippen LogP contribution is -2.33. The molecule has 154 valence electrons. The molecule has 0 aromatic carbocycles. The normalized spacial score (nSPS) is 28.8. The predicted octanol–water partition coefficient (Wildman–Crippen LogP) is -0.751. The van der Waals surface area contributed by atoms with Crippen LogP contribution in [0, 0.1) is 5.92 Å². The van der Waals surface area contributed by atoms with Gasteiger partial charge in [0.05, 0.1) is 12.9 Å². The van der Waals surface area contributed by atoms with E-state index >= 15 is 0 Å². The number of nitrogen functional groups attached to an aromatic ring is 1. The van der Waals surface area contributed by atoms with E-state index in [4.69, 9.17) is 15.2 Å². The minimum absolute atomic E-state index is 0.212. The molecule has 2 aromatic heterocycles. The molecule has 2 aliphatic rings. The standard InChI is InChI=1S/C17H26N6O5/c18-14-11-15(22-17(21-14)19-4-1-9-2-5-27-6-3-9)23(8-20-11)16-13(26)12(25)10(7-24)28-16/h8-10,12-13,16,24-26H,1-7H2,(H3,18,19,21,22)/t10-,12?,13?,16-/m1/s1. The van der Waals surface area contributed by atoms with Gasteiger partial charge in [0.1, 0.15) is 23.8 Å². The van der Waals surface area contributed by atoms with Crippen molar-refractivity contribution in [1.29, 1.82) is 0 Å². The van der Waals surface area contributed by atoms with Crippen molar-refractivity contribution in [2.75, 3.05) is 37.4 Å². The maximum Gasteiger partial charge on any atom is 0.226 e. The third-order valence-corrected chi connectivity index (χ3v) is 5.42. The Morgan fingerprint density at radius 2 is 2.00 bits per heavy atom. The number of fused-ring (bicyclic) bond motifs is 1. The first-order valence-corrected chi connectivity index (χ1v) is 9.52. The molecular formula is C17H26N6O5. The minimum Gasteiger partial charge on any atom is -0.394 e. The third-order valence-electron chi connectivity index (χ3n) is 5.42. The molecule has 11 heteroatoms. The second-order valence-electron chi connectivity index (χ2n) is 7.26. The third kappa shape index (κ3) is 3.63. The number of rotatable bonds is 6. The summed E-state index contributed by atoms with van der Waals surface area (Å²) in [5.74, 6) is 1.20. The van der Waals surface area contributed by atoms with Crippen LogP contribution >= 0.6 is 0 Å². The van der Waals surface area contributed by atoms with Gasteiger partial charge in [-0.3, -0.25) is 4.57 Å². The number of aromatic nitrogens is 4. The highest BCUT2D eigenvalue weighted by molar-refractivity contribution is 5.83. The van der Waals surface area contributed by atoms with Crippen molar-refractivity contribution in [3.05, 3.63) is 6.33 Å². The fourth-order valence-electron chi connectivity index (χ4n) is 3.74. The molecule has 0 bridgehead atoms. The first kappa shape index (κ1) is 19.3. The van der Waals surface area contributed by atoms with Crippen LogP contribution < -0.4 is 11.1 Å². The van der Waals surface area contributed by atoms with E-state index in [1.807, 2.05) is 0 Å². The second kappa shape index (κ2) is 8.13. The largest absolute Gasteiger partial charge is 0.394 e. The van der Waals surface area contributed by atoms with Gasteiger partial charge in [-0.25, -0.2) is 4.98 Å². The molecular weight excluding hydrogens is 368 g/mol. The molecule has 0 spiro atoms. The number of nitrogens with zero attached hydrogens (tertiary/aromatic N) is 4. The van der Waals surface area contributed by atoms with E-state index < -0.39 is 31.1 Å². The van der Waals surface area contributed by atoms with Crippen molar-refractivity contribution in [3.63, 3.8) is 0 Å². The van der Waals surface area contributed by atoms with Crippen molar-refractivity contribution in [2.24, 2.45) is 5.92 Å². The molecule has 2 fully saturated rings. The Labute approximate surface area is 161 Å². The highest BCUT2D eigenvalue weighted by atomic mass is 16.6. The molecule has 6 N–H and O–H groups in total. The predicted molar refractivity (Wildman–Crippen MR) is 99.4 cm³/mol. The van der Waals surface area contributed by atoms with Gasteiger partial charge in [-0.2, -0.15) is 9.97 Å². The van der Waals surface area contributed by atoms with Crippen molar-refractivity contribution in [3.8, 4) is 0 Å². The molecule has 2 unspecified atom stereocenters. The number of nitrogens with two attached hydrogens (primary N) is 1. The maximum absolute atomic E-state index is 10.3. The van der Waals surface area contributed by atoms with Gasteiger partial charge in [0, 0.05) is 19.8 Å². The van der Waals surface area contributed by atoms with Crippen molar-refractivity contribution < 1.29 is 24.8 Å². The molecule has 2 aromatic rings. The van der Waals surface area contributed by atoms with Crippen molar-refractivity contribution in [1.82, 2.24) is 19.5 Å². The lowest BCUT2D eigenvalue weighted by molar-refractivity contribution is -0.0511. The highest BCUT2D eigenvalue weighted by Gasteiger charge is 2.44. The van der Waals surface area contributed by atoms with Gasteiger partial charge >= 0.3 is 0 Å². The summed E-state index contributed by atoms with van der Waals surface area (Å²) >= 11 is 0. The van der Waals surface area contributed by atoms with Crippen LogP contribution in [0.25, 0.3) is 11.2 Å². The first-order valence-electron chi connectivity index (χ1n) is 9.52. The average Bonchev–Trinajstić information content (AvgIpc) is 3.24. The number of ether oxygens (including phenoxy) is 2. The van der Waals surface area contributed by atoms with Crippen molar-refractivity contribution >= 4 is 22.9 Å². The number of hydrogen-bond donors (Lipinski definition) is 5. The number of imidazole rings is 1. The van der Waals surface area contributed by atoms with Gasteiger partial charge in [0.15, 0.2) is 17.7 Å². The van der Waals surface area contributed by atoms with Crippen LogP contribution in [0.1, 0.15) is 25.5 Å². The zero-order chi connectivity index (χ0) is 19.7. The summed E-state index contributed by atoms with van der Waals surface area (Å²) in [6.45, 7) is 1.92. The quantitative estimate of drug-likeness (QED) is 0.421. The zero-order valence-electron chi connectivity index (χ0n) is 15.4. The smallest absolute Gasteiger partial charge is 0.226 e. The second-order valence-corrected chi connectivity index (χ2v) is 7.26. The first-order chi connectivity index (χ1) is 13.6. The van der Waals surface area contributed by atoms with Crippen LogP contribution in [0.4, 0.5) is 11.8 Å². The molecule has 4 heterocycles. The molecule has 0 aliphatic carbocycles. The molecule has 4 atom stereocenters. The van der Waals surface area contributed by atoms with E-state index in [0.717, 1.165) is 32.5 Å². The Bertz CT molecular complexity index is 811. The maximum atomic E-state index is 10.3. The molecule has 0 radical (unpaired) electrons. The lowest BCUT2D eigenvalue weighted by Gasteiger charge is -2.21. The Balaban J connectivity index is 1.51. The van der Waals surface area contributed by atoms with Gasteiger partial charge in [0.2, 0.25) is 5.95 Å². The van der Waals surface area contributed by atoms with E-state index in [2.05, 4.69) is 20.3 Å².